The first-order valence-electron chi connectivity index (χ1n) is 12.4. The molecule has 5 aliphatic carbocycles. The Morgan fingerprint density at radius 1 is 0.970 bits per heavy atom. The number of nitrogens with zero attached hydrogens (tertiary/aromatic N) is 1. The molecule has 6 aliphatic rings. The van der Waals surface area contributed by atoms with Crippen molar-refractivity contribution in [2.75, 3.05) is 41.0 Å². The lowest BCUT2D eigenvalue weighted by Crippen LogP contribution is -2.86. The highest BCUT2D eigenvalue weighted by Gasteiger charge is 2.95. The molecule has 0 aromatic rings. The van der Waals surface area contributed by atoms with Gasteiger partial charge in [0, 0.05) is 57.5 Å². The van der Waals surface area contributed by atoms with Gasteiger partial charge < -0.3 is 39.7 Å². The summed E-state index contributed by atoms with van der Waals surface area (Å²) in [4.78, 5) is 2.13. The van der Waals surface area contributed by atoms with E-state index in [1.54, 1.807) is 7.11 Å². The van der Waals surface area contributed by atoms with Crippen LogP contribution in [0.15, 0.2) is 0 Å². The van der Waals surface area contributed by atoms with E-state index in [4.69, 9.17) is 14.2 Å². The maximum absolute atomic E-state index is 12.8. The Morgan fingerprint density at radius 3 is 2.30 bits per heavy atom. The van der Waals surface area contributed by atoms with Crippen molar-refractivity contribution in [2.45, 2.75) is 79.9 Å². The summed E-state index contributed by atoms with van der Waals surface area (Å²) < 4.78 is 17.5. The van der Waals surface area contributed by atoms with E-state index < -0.39 is 69.9 Å². The van der Waals surface area contributed by atoms with Crippen LogP contribution in [0.25, 0.3) is 0 Å². The maximum atomic E-state index is 12.8. The van der Waals surface area contributed by atoms with Crippen molar-refractivity contribution < 1.29 is 39.7 Å². The van der Waals surface area contributed by atoms with Gasteiger partial charge in [-0.3, -0.25) is 4.90 Å². The van der Waals surface area contributed by atoms with E-state index >= 15 is 0 Å². The molecule has 188 valence electrons. The summed E-state index contributed by atoms with van der Waals surface area (Å²) >= 11 is 0. The molecule has 0 unspecified atom stereocenters. The first-order valence-corrected chi connectivity index (χ1v) is 12.4. The number of aliphatic hydroxyl groups excluding tert-OH is 2. The highest BCUT2D eigenvalue weighted by Crippen LogP contribution is 2.81. The quantitative estimate of drug-likeness (QED) is 0.334. The van der Waals surface area contributed by atoms with Crippen LogP contribution in [0.3, 0.4) is 0 Å². The number of methoxy groups -OCH3 is 3. The molecule has 5 N–H and O–H groups in total. The fourth-order valence-electron chi connectivity index (χ4n) is 10.7. The van der Waals surface area contributed by atoms with Crippen LogP contribution in [0.5, 0.6) is 0 Å². The van der Waals surface area contributed by atoms with Crippen LogP contribution in [-0.4, -0.2) is 119 Å². The molecule has 1 heterocycles. The van der Waals surface area contributed by atoms with Crippen LogP contribution in [0.1, 0.15) is 32.6 Å². The molecule has 0 amide bonds. The minimum absolute atomic E-state index is 0.0960. The minimum atomic E-state index is -1.85. The van der Waals surface area contributed by atoms with Crippen molar-refractivity contribution in [3.63, 3.8) is 0 Å². The predicted octanol–water partition coefficient (Wildman–Crippen LogP) is -1.27. The highest BCUT2D eigenvalue weighted by molar-refractivity contribution is 5.45. The van der Waals surface area contributed by atoms with Gasteiger partial charge in [0.05, 0.1) is 48.1 Å². The second kappa shape index (κ2) is 6.69. The van der Waals surface area contributed by atoms with Crippen LogP contribution in [0.4, 0.5) is 0 Å². The molecule has 0 radical (unpaired) electrons. The largest absolute Gasteiger partial charge is 0.392 e. The maximum Gasteiger partial charge on any atom is 0.136 e. The average Bonchev–Trinajstić information content (AvgIpc) is 3.11. The third-order valence-electron chi connectivity index (χ3n) is 11.3. The van der Waals surface area contributed by atoms with E-state index in [0.29, 0.717) is 32.5 Å². The molecule has 6 rings (SSSR count). The number of piperidine rings is 1. The van der Waals surface area contributed by atoms with Crippen molar-refractivity contribution in [2.24, 2.45) is 28.6 Å². The summed E-state index contributed by atoms with van der Waals surface area (Å²) in [6.07, 6.45) is -1.91. The molecule has 7 bridgehead atoms. The Kier molecular flexibility index (Phi) is 4.67. The number of aliphatic hydroxyl groups is 5. The molecule has 1 spiro atoms. The fourth-order valence-corrected chi connectivity index (χ4v) is 10.7. The SMILES string of the molecule is CCN1C[C@]2(COC)CC[C@H](O)[C@@]34[C@@H]2[C@H](OC)[C@@](O)([C@@H]13)[C@@]1(O)C[C@H](OC)[C@H]2C[C@]4(O)[C@@H]1[C@H]2O. The van der Waals surface area contributed by atoms with E-state index in [2.05, 4.69) is 4.90 Å². The standard InChI is InChI=1S/C24H39NO8/c1-5-25-10-20(11-31-2)7-6-14(26)23-17(20)18(33-4)24(30,19(23)25)22(29)9-13(32-3)12-8-21(23,28)16(22)15(12)27/h12-19,26-30H,5-11H2,1-4H3/t12-,13+,14+,15+,16+,17-,18+,19+,20+,21+,22-,23-,24-/m1/s1. The van der Waals surface area contributed by atoms with E-state index in [1.165, 1.54) is 14.2 Å². The minimum Gasteiger partial charge on any atom is -0.392 e. The van der Waals surface area contributed by atoms with Gasteiger partial charge in [-0.2, -0.15) is 0 Å². The molecule has 33 heavy (non-hydrogen) atoms. The number of likely N-dealkylation sites (N-methyl/N-ethyl adjacent to an activating group) is 1. The zero-order valence-corrected chi connectivity index (χ0v) is 20.0. The third kappa shape index (κ3) is 2.04. The smallest absolute Gasteiger partial charge is 0.136 e. The Hall–Kier alpha value is -0.360. The van der Waals surface area contributed by atoms with Gasteiger partial charge in [0.1, 0.15) is 11.2 Å². The average molecular weight is 470 g/mol. The lowest BCUT2D eigenvalue weighted by atomic mass is 9.41. The molecule has 1 aliphatic heterocycles. The summed E-state index contributed by atoms with van der Waals surface area (Å²) in [5.41, 5.74) is -6.91. The molecular formula is C24H39NO8. The summed E-state index contributed by atoms with van der Waals surface area (Å²) in [7, 11) is 4.73. The molecule has 6 fully saturated rings. The van der Waals surface area contributed by atoms with Crippen LogP contribution in [-0.2, 0) is 14.2 Å². The molecular weight excluding hydrogens is 430 g/mol. The zero-order chi connectivity index (χ0) is 23.8. The zero-order valence-electron chi connectivity index (χ0n) is 20.0. The van der Waals surface area contributed by atoms with Crippen molar-refractivity contribution in [1.29, 1.82) is 0 Å². The number of likely N-dealkylation sites (tertiary alicyclic amines) is 1. The van der Waals surface area contributed by atoms with Gasteiger partial charge in [-0.1, -0.05) is 6.92 Å². The molecule has 0 aromatic carbocycles. The van der Waals surface area contributed by atoms with Crippen LogP contribution in [0, 0.1) is 28.6 Å². The predicted molar refractivity (Wildman–Crippen MR) is 115 cm³/mol. The first-order chi connectivity index (χ1) is 15.6. The second-order valence-corrected chi connectivity index (χ2v) is 11.9. The van der Waals surface area contributed by atoms with Gasteiger partial charge in [0.15, 0.2) is 0 Å². The van der Waals surface area contributed by atoms with Crippen LogP contribution < -0.4 is 0 Å². The Labute approximate surface area is 194 Å². The monoisotopic (exact) mass is 469 g/mol. The summed E-state index contributed by atoms with van der Waals surface area (Å²) in [6, 6.07) is -0.724. The van der Waals surface area contributed by atoms with Gasteiger partial charge in [-0.15, -0.1) is 0 Å². The second-order valence-electron chi connectivity index (χ2n) is 11.9. The lowest BCUT2D eigenvalue weighted by Gasteiger charge is -2.71. The normalized spacial score (nSPS) is 63.2. The van der Waals surface area contributed by atoms with Gasteiger partial charge in [-0.25, -0.2) is 0 Å². The van der Waals surface area contributed by atoms with E-state index in [9.17, 15) is 25.5 Å². The van der Waals surface area contributed by atoms with Crippen LogP contribution in [0.2, 0.25) is 0 Å². The van der Waals surface area contributed by atoms with E-state index in [-0.39, 0.29) is 18.8 Å². The van der Waals surface area contributed by atoms with Gasteiger partial charge >= 0.3 is 0 Å². The van der Waals surface area contributed by atoms with Gasteiger partial charge in [-0.05, 0) is 25.8 Å². The molecule has 9 nitrogen and oxygen atoms in total. The summed E-state index contributed by atoms with van der Waals surface area (Å²) in [6.45, 7) is 3.60. The molecule has 1 saturated heterocycles. The number of rotatable bonds is 5. The van der Waals surface area contributed by atoms with E-state index in [1.807, 2.05) is 6.92 Å². The Balaban J connectivity index is 1.71. The topological polar surface area (TPSA) is 132 Å². The highest BCUT2D eigenvalue weighted by atomic mass is 16.5. The summed E-state index contributed by atoms with van der Waals surface area (Å²) in [5, 5.41) is 61.3. The van der Waals surface area contributed by atoms with Crippen molar-refractivity contribution in [3.8, 4) is 0 Å². The van der Waals surface area contributed by atoms with Crippen LogP contribution >= 0.6 is 0 Å². The Morgan fingerprint density at radius 2 is 1.70 bits per heavy atom. The Bertz CT molecular complexity index is 845. The molecule has 13 atom stereocenters. The summed E-state index contributed by atoms with van der Waals surface area (Å²) in [5.74, 6) is -1.83. The molecule has 5 saturated carbocycles. The number of hydrogen-bond acceptors (Lipinski definition) is 9. The van der Waals surface area contributed by atoms with E-state index in [0.717, 1.165) is 0 Å². The third-order valence-corrected chi connectivity index (χ3v) is 11.3. The van der Waals surface area contributed by atoms with Crippen molar-refractivity contribution >= 4 is 0 Å². The first kappa shape index (κ1) is 23.1. The van der Waals surface area contributed by atoms with Crippen molar-refractivity contribution in [3.05, 3.63) is 0 Å². The van der Waals surface area contributed by atoms with Gasteiger partial charge in [0.25, 0.3) is 0 Å². The van der Waals surface area contributed by atoms with Crippen molar-refractivity contribution in [1.82, 2.24) is 4.90 Å². The lowest BCUT2D eigenvalue weighted by molar-refractivity contribution is -0.355. The number of ether oxygens (including phenoxy) is 3. The molecule has 0 aromatic heterocycles. The fraction of sp³-hybridized carbons (Fsp3) is 1.00. The van der Waals surface area contributed by atoms with Gasteiger partial charge in [0.2, 0.25) is 0 Å². The molecule has 9 heteroatoms. The number of fused-ring (bicyclic) bond motifs is 2. The number of hydrogen-bond donors (Lipinski definition) is 5.